The van der Waals surface area contributed by atoms with E-state index in [0.29, 0.717) is 0 Å². The number of benzene rings is 1. The van der Waals surface area contributed by atoms with E-state index in [-0.39, 0.29) is 40.6 Å². The molecule has 0 radical (unpaired) electrons. The molecule has 0 aliphatic rings. The van der Waals surface area contributed by atoms with Gasteiger partial charge in [0.05, 0.1) is 29.8 Å². The van der Waals surface area contributed by atoms with Gasteiger partial charge in [-0.3, -0.25) is 9.78 Å². The van der Waals surface area contributed by atoms with Crippen molar-refractivity contribution >= 4 is 23.3 Å². The van der Waals surface area contributed by atoms with Crippen molar-refractivity contribution in [2.45, 2.75) is 19.3 Å². The molecule has 0 atom stereocenters. The van der Waals surface area contributed by atoms with E-state index in [2.05, 4.69) is 14.7 Å². The van der Waals surface area contributed by atoms with Gasteiger partial charge in [-0.2, -0.15) is 22.0 Å². The van der Waals surface area contributed by atoms with Crippen LogP contribution in [0.4, 0.5) is 22.0 Å². The third kappa shape index (κ3) is 4.49. The molecule has 0 spiro atoms. The molecule has 3 aromatic rings. The fraction of sp³-hybridized carbons (Fsp3) is 0.278. The number of rotatable bonds is 6. The molecule has 0 saturated carbocycles. The lowest BCUT2D eigenvalue weighted by atomic mass is 10.1. The van der Waals surface area contributed by atoms with Crippen LogP contribution in [0.1, 0.15) is 5.56 Å². The highest BCUT2D eigenvalue weighted by atomic mass is 32.1. The maximum absolute atomic E-state index is 13.7. The second kappa shape index (κ2) is 8.48. The minimum absolute atomic E-state index is 0.0531. The van der Waals surface area contributed by atoms with Crippen molar-refractivity contribution in [3.8, 4) is 17.0 Å². The first-order valence-electron chi connectivity index (χ1n) is 8.41. The van der Waals surface area contributed by atoms with Gasteiger partial charge in [-0.05, 0) is 42.5 Å². The number of halogens is 5. The number of methoxy groups -OCH3 is 1. The SMILES string of the molecule is COCCn1c(=S)[nH]c(=O)c2c(C(F)(F)F)cc(-c3ccc(OC(F)F)cc3)nc21. The number of nitrogens with one attached hydrogen (secondary N) is 1. The number of hydrogen-bond acceptors (Lipinski definition) is 5. The molecule has 0 aliphatic carbocycles. The zero-order chi connectivity index (χ0) is 22.1. The summed E-state index contributed by atoms with van der Waals surface area (Å²) in [7, 11) is 1.40. The lowest BCUT2D eigenvalue weighted by molar-refractivity contribution is -0.136. The number of aromatic amines is 1. The molecule has 6 nitrogen and oxygen atoms in total. The van der Waals surface area contributed by atoms with Crippen LogP contribution in [0, 0.1) is 4.77 Å². The van der Waals surface area contributed by atoms with E-state index in [0.717, 1.165) is 6.07 Å². The second-order valence-corrected chi connectivity index (χ2v) is 6.44. The third-order valence-electron chi connectivity index (χ3n) is 4.15. The Morgan fingerprint density at radius 1 is 1.23 bits per heavy atom. The molecule has 160 valence electrons. The number of ether oxygens (including phenoxy) is 2. The summed E-state index contributed by atoms with van der Waals surface area (Å²) in [5, 5.41) is -0.659. The van der Waals surface area contributed by atoms with Crippen LogP contribution in [-0.4, -0.2) is 34.9 Å². The lowest BCUT2D eigenvalue weighted by Crippen LogP contribution is -2.21. The van der Waals surface area contributed by atoms with Crippen molar-refractivity contribution < 1.29 is 31.4 Å². The number of pyridine rings is 1. The molecule has 0 aliphatic heterocycles. The fourth-order valence-corrected chi connectivity index (χ4v) is 3.11. The minimum atomic E-state index is -4.86. The fourth-order valence-electron chi connectivity index (χ4n) is 2.84. The zero-order valence-electron chi connectivity index (χ0n) is 15.3. The van der Waals surface area contributed by atoms with Gasteiger partial charge in [-0.25, -0.2) is 4.98 Å². The van der Waals surface area contributed by atoms with Crippen molar-refractivity contribution in [1.29, 1.82) is 0 Å². The first-order valence-corrected chi connectivity index (χ1v) is 8.82. The van der Waals surface area contributed by atoms with Crippen LogP contribution < -0.4 is 10.3 Å². The molecular formula is C18H14F5N3O3S. The number of nitrogens with zero attached hydrogens (tertiary/aromatic N) is 2. The largest absolute Gasteiger partial charge is 0.435 e. The third-order valence-corrected chi connectivity index (χ3v) is 4.47. The molecule has 30 heavy (non-hydrogen) atoms. The molecule has 1 N–H and O–H groups in total. The van der Waals surface area contributed by atoms with Crippen LogP contribution >= 0.6 is 12.2 Å². The average molecular weight is 447 g/mol. The monoisotopic (exact) mass is 447 g/mol. The molecule has 0 saturated heterocycles. The summed E-state index contributed by atoms with van der Waals surface area (Å²) in [4.78, 5) is 18.7. The maximum atomic E-state index is 13.7. The topological polar surface area (TPSA) is 69.1 Å². The van der Waals surface area contributed by atoms with Crippen LogP contribution in [0.5, 0.6) is 5.75 Å². The number of fused-ring (bicyclic) bond motifs is 1. The van der Waals surface area contributed by atoms with E-state index in [1.807, 2.05) is 0 Å². The van der Waals surface area contributed by atoms with Crippen LogP contribution in [-0.2, 0) is 17.5 Å². The van der Waals surface area contributed by atoms with E-state index >= 15 is 0 Å². The molecule has 0 bridgehead atoms. The molecule has 3 rings (SSSR count). The van der Waals surface area contributed by atoms with Crippen molar-refractivity contribution in [3.05, 3.63) is 51.0 Å². The van der Waals surface area contributed by atoms with Gasteiger partial charge in [-0.15, -0.1) is 0 Å². The van der Waals surface area contributed by atoms with Crippen LogP contribution in [0.3, 0.4) is 0 Å². The van der Waals surface area contributed by atoms with Gasteiger partial charge in [0.2, 0.25) is 0 Å². The smallest absolute Gasteiger partial charge is 0.417 e. The maximum Gasteiger partial charge on any atom is 0.417 e. The number of hydrogen-bond donors (Lipinski definition) is 1. The van der Waals surface area contributed by atoms with Crippen molar-refractivity contribution in [2.24, 2.45) is 0 Å². The van der Waals surface area contributed by atoms with Gasteiger partial charge in [0.25, 0.3) is 5.56 Å². The van der Waals surface area contributed by atoms with E-state index in [4.69, 9.17) is 17.0 Å². The van der Waals surface area contributed by atoms with Crippen LogP contribution in [0.25, 0.3) is 22.3 Å². The molecule has 2 heterocycles. The summed E-state index contributed by atoms with van der Waals surface area (Å²) in [6.45, 7) is -2.87. The van der Waals surface area contributed by atoms with Gasteiger partial charge >= 0.3 is 12.8 Å². The van der Waals surface area contributed by atoms with Crippen LogP contribution in [0.2, 0.25) is 0 Å². The Bertz CT molecular complexity index is 1170. The summed E-state index contributed by atoms with van der Waals surface area (Å²) in [5.41, 5.74) is -2.40. The summed E-state index contributed by atoms with van der Waals surface area (Å²) >= 11 is 5.08. The zero-order valence-corrected chi connectivity index (χ0v) is 16.1. The minimum Gasteiger partial charge on any atom is -0.435 e. The summed E-state index contributed by atoms with van der Waals surface area (Å²) in [6, 6.07) is 5.65. The average Bonchev–Trinajstić information content (AvgIpc) is 2.66. The van der Waals surface area contributed by atoms with Gasteiger partial charge < -0.3 is 14.0 Å². The summed E-state index contributed by atoms with van der Waals surface area (Å²) < 4.78 is 76.2. The Hall–Kier alpha value is -2.86. The standard InChI is InChI=1S/C18H14F5N3O3S/c1-28-7-6-26-14-13(15(27)25-17(26)30)11(18(21,22)23)8-12(24-14)9-2-4-10(5-3-9)29-16(19)20/h2-5,8,16H,6-7H2,1H3,(H,25,27,30). The molecule has 12 heteroatoms. The Kier molecular flexibility index (Phi) is 6.17. The van der Waals surface area contributed by atoms with Gasteiger partial charge in [0.1, 0.15) is 11.4 Å². The van der Waals surface area contributed by atoms with E-state index in [1.54, 1.807) is 0 Å². The molecular weight excluding hydrogens is 433 g/mol. The van der Waals surface area contributed by atoms with Gasteiger partial charge in [0, 0.05) is 12.7 Å². The normalized spacial score (nSPS) is 12.0. The number of aromatic nitrogens is 3. The second-order valence-electron chi connectivity index (χ2n) is 6.06. The van der Waals surface area contributed by atoms with Crippen molar-refractivity contribution in [2.75, 3.05) is 13.7 Å². The quantitative estimate of drug-likeness (QED) is 0.449. The Labute approximate surface area is 170 Å². The first kappa shape index (κ1) is 21.8. The van der Waals surface area contributed by atoms with Crippen LogP contribution in [0.15, 0.2) is 35.1 Å². The first-order chi connectivity index (χ1) is 14.1. The van der Waals surface area contributed by atoms with Gasteiger partial charge in [-0.1, -0.05) is 0 Å². The molecule has 0 unspecified atom stereocenters. The molecule has 0 fully saturated rings. The number of H-pyrrole nitrogens is 1. The lowest BCUT2D eigenvalue weighted by Gasteiger charge is -2.16. The van der Waals surface area contributed by atoms with Crippen molar-refractivity contribution in [3.63, 3.8) is 0 Å². The van der Waals surface area contributed by atoms with E-state index < -0.39 is 29.3 Å². The molecule has 2 aromatic heterocycles. The van der Waals surface area contributed by atoms with Gasteiger partial charge in [0.15, 0.2) is 4.77 Å². The Morgan fingerprint density at radius 2 is 1.90 bits per heavy atom. The number of alkyl halides is 5. The molecule has 0 amide bonds. The highest BCUT2D eigenvalue weighted by molar-refractivity contribution is 7.71. The highest BCUT2D eigenvalue weighted by Crippen LogP contribution is 2.35. The Balaban J connectivity index is 2.28. The predicted molar refractivity (Wildman–Crippen MR) is 100 cm³/mol. The Morgan fingerprint density at radius 3 is 2.47 bits per heavy atom. The predicted octanol–water partition coefficient (Wildman–Crippen LogP) is 4.39. The molecule has 1 aromatic carbocycles. The van der Waals surface area contributed by atoms with Crippen molar-refractivity contribution in [1.82, 2.24) is 14.5 Å². The summed E-state index contributed by atoms with van der Waals surface area (Å²) in [5.74, 6) is -0.162. The highest BCUT2D eigenvalue weighted by Gasteiger charge is 2.35. The van der Waals surface area contributed by atoms with E-state index in [1.165, 1.54) is 35.9 Å². The summed E-state index contributed by atoms with van der Waals surface area (Å²) in [6.07, 6.45) is -4.86. The van der Waals surface area contributed by atoms with E-state index in [9.17, 15) is 26.7 Å².